The molecule has 2 N–H and O–H groups in total. The van der Waals surface area contributed by atoms with Crippen LogP contribution >= 0.6 is 23.4 Å². The van der Waals surface area contributed by atoms with E-state index in [2.05, 4.69) is 11.8 Å². The molecular formula is C30H33ClO7S. The lowest BCUT2D eigenvalue weighted by molar-refractivity contribution is -0.172. The number of rotatable bonds is 4. The fourth-order valence-electron chi connectivity index (χ4n) is 8.13. The van der Waals surface area contributed by atoms with Crippen LogP contribution in [0.1, 0.15) is 57.0 Å². The number of furan rings is 1. The molecule has 0 bridgehead atoms. The van der Waals surface area contributed by atoms with E-state index in [1.807, 2.05) is 26.8 Å². The Bertz CT molecular complexity index is 1310. The molecule has 0 spiro atoms. The van der Waals surface area contributed by atoms with Gasteiger partial charge >= 0.3 is 5.97 Å². The third-order valence-electron chi connectivity index (χ3n) is 9.94. The number of carbonyl (C=O) groups excluding carboxylic acids is 3. The minimum Gasteiger partial charge on any atom is -0.457 e. The van der Waals surface area contributed by atoms with Gasteiger partial charge in [0.15, 0.2) is 11.4 Å². The van der Waals surface area contributed by atoms with Gasteiger partial charge in [0.2, 0.25) is 10.9 Å². The Morgan fingerprint density at radius 3 is 2.74 bits per heavy atom. The molecule has 1 heterocycles. The molecule has 0 aliphatic heterocycles. The van der Waals surface area contributed by atoms with Crippen molar-refractivity contribution in [1.29, 1.82) is 0 Å². The van der Waals surface area contributed by atoms with E-state index in [0.29, 0.717) is 19.3 Å². The molecule has 4 aliphatic carbocycles. The van der Waals surface area contributed by atoms with Crippen LogP contribution in [0.15, 0.2) is 46.6 Å². The van der Waals surface area contributed by atoms with Crippen molar-refractivity contribution in [1.82, 2.24) is 0 Å². The molecular weight excluding hydrogens is 540 g/mol. The third-order valence-corrected chi connectivity index (χ3v) is 11.7. The maximum absolute atomic E-state index is 14.1. The average Bonchev–Trinajstić information content (AvgIpc) is 3.50. The summed E-state index contributed by atoms with van der Waals surface area (Å²) in [5.41, 5.74) is -2.32. The number of esters is 1. The first kappa shape index (κ1) is 28.2. The zero-order valence-electron chi connectivity index (χ0n) is 22.2. The summed E-state index contributed by atoms with van der Waals surface area (Å²) in [4.78, 5) is 38.6. The van der Waals surface area contributed by atoms with E-state index >= 15 is 0 Å². The Morgan fingerprint density at radius 1 is 1.28 bits per heavy atom. The maximum atomic E-state index is 14.1. The summed E-state index contributed by atoms with van der Waals surface area (Å²) in [6.45, 7) is 5.51. The summed E-state index contributed by atoms with van der Waals surface area (Å²) < 4.78 is 11.5. The van der Waals surface area contributed by atoms with Gasteiger partial charge in [0.1, 0.15) is 6.61 Å². The highest BCUT2D eigenvalue weighted by atomic mass is 35.5. The monoisotopic (exact) mass is 572 g/mol. The molecule has 208 valence electrons. The van der Waals surface area contributed by atoms with E-state index in [-0.39, 0.29) is 53.2 Å². The number of alkyl halides is 1. The molecule has 9 heteroatoms. The first-order chi connectivity index (χ1) is 18.5. The van der Waals surface area contributed by atoms with Crippen molar-refractivity contribution in [2.45, 2.75) is 63.0 Å². The van der Waals surface area contributed by atoms with Gasteiger partial charge in [-0.3, -0.25) is 9.59 Å². The number of carbonyl (C=O) groups is 3. The summed E-state index contributed by atoms with van der Waals surface area (Å²) in [5.74, 6) is 3.88. The van der Waals surface area contributed by atoms with E-state index in [4.69, 9.17) is 25.9 Å². The van der Waals surface area contributed by atoms with Crippen LogP contribution in [0.5, 0.6) is 0 Å². The number of hydrogen-bond donors (Lipinski definition) is 2. The quantitative estimate of drug-likeness (QED) is 0.311. The van der Waals surface area contributed by atoms with E-state index in [9.17, 15) is 19.5 Å². The van der Waals surface area contributed by atoms with Gasteiger partial charge in [-0.15, -0.1) is 11.6 Å². The zero-order chi connectivity index (χ0) is 28.2. The van der Waals surface area contributed by atoms with Crippen LogP contribution in [0.4, 0.5) is 0 Å². The van der Waals surface area contributed by atoms with Crippen molar-refractivity contribution in [3.05, 3.63) is 48.0 Å². The fourth-order valence-corrected chi connectivity index (χ4v) is 9.65. The predicted molar refractivity (Wildman–Crippen MR) is 147 cm³/mol. The number of aliphatic hydroxyl groups is 2. The molecule has 0 saturated heterocycles. The van der Waals surface area contributed by atoms with Gasteiger partial charge in [-0.25, -0.2) is 4.79 Å². The number of thioether (sulfide) groups is 1. The Hall–Kier alpha value is -2.31. The van der Waals surface area contributed by atoms with Crippen LogP contribution < -0.4 is 0 Å². The third kappa shape index (κ3) is 3.92. The molecule has 5 rings (SSSR count). The Kier molecular flexibility index (Phi) is 7.20. The lowest BCUT2D eigenvalue weighted by Gasteiger charge is -2.64. The van der Waals surface area contributed by atoms with Crippen LogP contribution in [0, 0.1) is 40.4 Å². The second-order valence-corrected chi connectivity index (χ2v) is 13.2. The van der Waals surface area contributed by atoms with Gasteiger partial charge in [0, 0.05) is 16.7 Å². The van der Waals surface area contributed by atoms with Crippen molar-refractivity contribution in [2.24, 2.45) is 28.6 Å². The molecule has 4 aliphatic rings. The molecule has 1 aromatic rings. The smallest absolute Gasteiger partial charge is 0.375 e. The van der Waals surface area contributed by atoms with Crippen molar-refractivity contribution >= 4 is 40.2 Å². The van der Waals surface area contributed by atoms with Gasteiger partial charge in [-0.05, 0) is 61.8 Å². The van der Waals surface area contributed by atoms with Crippen LogP contribution in [0.2, 0.25) is 0 Å². The highest BCUT2D eigenvalue weighted by molar-refractivity contribution is 8.14. The largest absolute Gasteiger partial charge is 0.457 e. The van der Waals surface area contributed by atoms with Gasteiger partial charge in [-0.2, -0.15) is 0 Å². The molecule has 0 amide bonds. The molecule has 39 heavy (non-hydrogen) atoms. The summed E-state index contributed by atoms with van der Waals surface area (Å²) in [7, 11) is 0. The number of fused-ring (bicyclic) bond motifs is 5. The van der Waals surface area contributed by atoms with Crippen LogP contribution in [0.25, 0.3) is 0 Å². The summed E-state index contributed by atoms with van der Waals surface area (Å²) in [5, 5.41) is 20.6. The van der Waals surface area contributed by atoms with Crippen molar-refractivity contribution in [3.8, 4) is 11.8 Å². The molecule has 1 aromatic heterocycles. The van der Waals surface area contributed by atoms with Crippen molar-refractivity contribution in [2.75, 3.05) is 12.4 Å². The highest BCUT2D eigenvalue weighted by Gasteiger charge is 2.76. The van der Waals surface area contributed by atoms with Crippen LogP contribution in [-0.4, -0.2) is 56.0 Å². The molecule has 0 radical (unpaired) electrons. The minimum atomic E-state index is -1.57. The Labute approximate surface area is 237 Å². The van der Waals surface area contributed by atoms with Gasteiger partial charge in [0.25, 0.3) is 0 Å². The highest BCUT2D eigenvalue weighted by Crippen LogP contribution is 2.72. The molecule has 3 saturated carbocycles. The molecule has 8 atom stereocenters. The van der Waals surface area contributed by atoms with Gasteiger partial charge in [0.05, 0.1) is 23.0 Å². The second-order valence-electron chi connectivity index (χ2n) is 11.6. The topological polar surface area (TPSA) is 114 Å². The number of hydrogen-bond acceptors (Lipinski definition) is 8. The lowest BCUT2D eigenvalue weighted by Crippen LogP contribution is -2.69. The molecule has 7 nitrogen and oxygen atoms in total. The Morgan fingerprint density at radius 2 is 2.05 bits per heavy atom. The zero-order valence-corrected chi connectivity index (χ0v) is 23.8. The number of aliphatic hydroxyl groups excluding tert-OH is 2. The van der Waals surface area contributed by atoms with Crippen molar-refractivity contribution in [3.63, 3.8) is 0 Å². The average molecular weight is 573 g/mol. The van der Waals surface area contributed by atoms with Crippen LogP contribution in [0.3, 0.4) is 0 Å². The van der Waals surface area contributed by atoms with E-state index in [1.165, 1.54) is 18.4 Å². The first-order valence-corrected chi connectivity index (χ1v) is 14.6. The Balaban J connectivity index is 1.59. The van der Waals surface area contributed by atoms with E-state index < -0.39 is 33.4 Å². The summed E-state index contributed by atoms with van der Waals surface area (Å²) in [6, 6.07) is 3.07. The van der Waals surface area contributed by atoms with E-state index in [1.54, 1.807) is 12.1 Å². The molecule has 0 aromatic carbocycles. The number of ether oxygens (including phenoxy) is 1. The normalized spacial score (nSPS) is 40.5. The second kappa shape index (κ2) is 9.95. The number of allylic oxidation sites excluding steroid dienone is 4. The minimum absolute atomic E-state index is 0.00786. The fraction of sp³-hybridized carbons (Fsp3) is 0.567. The van der Waals surface area contributed by atoms with Gasteiger partial charge in [-0.1, -0.05) is 56.0 Å². The number of halogens is 1. The molecule has 3 fully saturated rings. The standard InChI is InChI=1S/C30H33ClO7S/c1-18-15-22-21-9-8-19-16-20(33)10-11-27(19,2)29(21,31)24(34)17-28(22,3)30(18,26(36)39-14-5-4-12-32)38-25(35)23-7-6-13-37-23/h6-7,10-11,13,16,18,21-22,24,32,34H,8-9,12,14-15,17H2,1-3H3/t18-,21+,22+,24+,27+,28+,29+,30+/m1/s1. The van der Waals surface area contributed by atoms with Crippen molar-refractivity contribution < 1.29 is 33.8 Å². The maximum Gasteiger partial charge on any atom is 0.375 e. The molecule has 0 unspecified atom stereocenters. The SMILES string of the molecule is C[C@@H]1C[C@H]2[C@@H]3CCC4=CC(=O)C=C[C@]4(C)[C@@]3(Cl)[C@@H](O)C[C@]2(C)[C@@]1(OC(=O)c1ccco1)C(=O)SCC#CCO. The predicted octanol–water partition coefficient (Wildman–Crippen LogP) is 4.32. The van der Waals surface area contributed by atoms with Crippen LogP contribution in [-0.2, 0) is 14.3 Å². The summed E-state index contributed by atoms with van der Waals surface area (Å²) in [6.07, 6.45) is 7.31. The van der Waals surface area contributed by atoms with Gasteiger partial charge < -0.3 is 19.4 Å². The van der Waals surface area contributed by atoms with E-state index in [0.717, 1.165) is 17.3 Å². The first-order valence-electron chi connectivity index (χ1n) is 13.3. The summed E-state index contributed by atoms with van der Waals surface area (Å²) >= 11 is 8.49. The number of ketones is 1. The lowest BCUT2D eigenvalue weighted by atomic mass is 9.46.